The van der Waals surface area contributed by atoms with Crippen molar-refractivity contribution < 1.29 is 9.18 Å². The monoisotopic (exact) mass is 399 g/mol. The molecule has 1 saturated heterocycles. The number of benzene rings is 1. The van der Waals surface area contributed by atoms with Crippen LogP contribution in [0.5, 0.6) is 0 Å². The molecule has 0 spiro atoms. The van der Waals surface area contributed by atoms with E-state index >= 15 is 0 Å². The molecular formula is C20H22FN5OS. The summed E-state index contributed by atoms with van der Waals surface area (Å²) in [6.07, 6.45) is 3.58. The summed E-state index contributed by atoms with van der Waals surface area (Å²) in [5, 5.41) is 11.0. The first-order valence-electron chi connectivity index (χ1n) is 9.49. The van der Waals surface area contributed by atoms with Crippen LogP contribution in [0.4, 0.5) is 4.39 Å². The Kier molecular flexibility index (Phi) is 5.68. The summed E-state index contributed by atoms with van der Waals surface area (Å²) in [6, 6.07) is 5.93. The van der Waals surface area contributed by atoms with E-state index in [0.29, 0.717) is 12.4 Å². The predicted molar refractivity (Wildman–Crippen MR) is 107 cm³/mol. The van der Waals surface area contributed by atoms with E-state index in [9.17, 15) is 9.18 Å². The van der Waals surface area contributed by atoms with Gasteiger partial charge in [-0.25, -0.2) is 14.4 Å². The van der Waals surface area contributed by atoms with E-state index in [4.69, 9.17) is 0 Å². The third kappa shape index (κ3) is 4.23. The Hall–Kier alpha value is -2.32. The highest BCUT2D eigenvalue weighted by atomic mass is 32.1. The molecule has 1 fully saturated rings. The first-order valence-corrected chi connectivity index (χ1v) is 10.3. The third-order valence-electron chi connectivity index (χ3n) is 5.18. The highest BCUT2D eigenvalue weighted by molar-refractivity contribution is 7.14. The van der Waals surface area contributed by atoms with Gasteiger partial charge in [0.2, 0.25) is 0 Å². The van der Waals surface area contributed by atoms with Crippen molar-refractivity contribution >= 4 is 28.0 Å². The summed E-state index contributed by atoms with van der Waals surface area (Å²) in [6.45, 7) is 3.62. The molecule has 0 bridgehead atoms. The number of hydrogen-bond donors (Lipinski definition) is 0. The summed E-state index contributed by atoms with van der Waals surface area (Å²) in [5.74, 6) is 0.746. The highest BCUT2D eigenvalue weighted by Crippen LogP contribution is 2.26. The number of carbonyl (C=O) groups excluding carboxylic acids is 1. The number of Topliss-reactive ketones (excluding diaryl/α,β-unsaturated/α-hetero) is 1. The summed E-state index contributed by atoms with van der Waals surface area (Å²) >= 11 is 1.54. The number of aromatic nitrogens is 4. The van der Waals surface area contributed by atoms with Crippen molar-refractivity contribution in [2.45, 2.75) is 26.2 Å². The molecule has 4 rings (SSSR count). The normalized spacial score (nSPS) is 15.9. The van der Waals surface area contributed by atoms with Crippen molar-refractivity contribution in [1.82, 2.24) is 25.1 Å². The van der Waals surface area contributed by atoms with Gasteiger partial charge in [-0.3, -0.25) is 4.79 Å². The lowest BCUT2D eigenvalue weighted by atomic mass is 9.91. The Bertz CT molecular complexity index is 984. The van der Waals surface area contributed by atoms with Crippen LogP contribution in [0.2, 0.25) is 0 Å². The fourth-order valence-electron chi connectivity index (χ4n) is 3.59. The molecular weight excluding hydrogens is 377 g/mol. The minimum absolute atomic E-state index is 0.0193. The van der Waals surface area contributed by atoms with E-state index < -0.39 is 0 Å². The number of carbonyl (C=O) groups is 1. The topological polar surface area (TPSA) is 71.9 Å². The number of aryl methyl sites for hydroxylation is 1. The number of rotatable bonds is 6. The SMILES string of the molecule is Cc1nnc(-c2ccc3cnc(CC(=O)C4CCN(CCF)CC4)nc3c2)s1. The van der Waals surface area contributed by atoms with Crippen molar-refractivity contribution in [3.05, 3.63) is 35.2 Å². The van der Waals surface area contributed by atoms with Gasteiger partial charge < -0.3 is 4.90 Å². The number of alkyl halides is 1. The molecule has 28 heavy (non-hydrogen) atoms. The number of likely N-dealkylation sites (tertiary alicyclic amines) is 1. The van der Waals surface area contributed by atoms with Gasteiger partial charge in [0, 0.05) is 29.6 Å². The van der Waals surface area contributed by atoms with Crippen LogP contribution in [0.15, 0.2) is 24.4 Å². The lowest BCUT2D eigenvalue weighted by Gasteiger charge is -2.30. The van der Waals surface area contributed by atoms with Crippen LogP contribution in [0.25, 0.3) is 21.5 Å². The van der Waals surface area contributed by atoms with E-state index in [0.717, 1.165) is 52.4 Å². The smallest absolute Gasteiger partial charge is 0.147 e. The Labute approximate surface area is 166 Å². The number of fused-ring (bicyclic) bond motifs is 1. The Morgan fingerprint density at radius 2 is 2.11 bits per heavy atom. The lowest BCUT2D eigenvalue weighted by Crippen LogP contribution is -2.37. The zero-order valence-corrected chi connectivity index (χ0v) is 16.6. The first-order chi connectivity index (χ1) is 13.6. The van der Waals surface area contributed by atoms with Gasteiger partial charge in [0.1, 0.15) is 28.3 Å². The molecule has 146 valence electrons. The molecule has 0 unspecified atom stereocenters. The summed E-state index contributed by atoms with van der Waals surface area (Å²) in [7, 11) is 0. The second kappa shape index (κ2) is 8.36. The molecule has 3 heterocycles. The number of nitrogens with zero attached hydrogens (tertiary/aromatic N) is 5. The van der Waals surface area contributed by atoms with Crippen LogP contribution in [0.1, 0.15) is 23.7 Å². The van der Waals surface area contributed by atoms with Gasteiger partial charge in [-0.05, 0) is 38.9 Å². The molecule has 1 aliphatic heterocycles. The van der Waals surface area contributed by atoms with Crippen molar-refractivity contribution in [1.29, 1.82) is 0 Å². The molecule has 0 aliphatic carbocycles. The maximum Gasteiger partial charge on any atom is 0.147 e. The molecule has 6 nitrogen and oxygen atoms in total. The first kappa shape index (κ1) is 19.0. The lowest BCUT2D eigenvalue weighted by molar-refractivity contribution is -0.123. The Morgan fingerprint density at radius 1 is 1.29 bits per heavy atom. The highest BCUT2D eigenvalue weighted by Gasteiger charge is 2.25. The molecule has 1 aromatic carbocycles. The van der Waals surface area contributed by atoms with Crippen LogP contribution in [-0.2, 0) is 11.2 Å². The Balaban J connectivity index is 1.47. The van der Waals surface area contributed by atoms with E-state index in [1.165, 1.54) is 11.3 Å². The van der Waals surface area contributed by atoms with E-state index in [1.54, 1.807) is 6.20 Å². The maximum absolute atomic E-state index is 12.7. The summed E-state index contributed by atoms with van der Waals surface area (Å²) < 4.78 is 12.5. The van der Waals surface area contributed by atoms with Crippen LogP contribution < -0.4 is 0 Å². The quantitative estimate of drug-likeness (QED) is 0.634. The minimum atomic E-state index is -0.331. The van der Waals surface area contributed by atoms with Crippen LogP contribution >= 0.6 is 11.3 Å². The van der Waals surface area contributed by atoms with Crippen molar-refractivity contribution in [2.75, 3.05) is 26.3 Å². The van der Waals surface area contributed by atoms with Gasteiger partial charge in [0.15, 0.2) is 0 Å². The molecule has 0 N–H and O–H groups in total. The molecule has 8 heteroatoms. The molecule has 3 aromatic rings. The number of piperidine rings is 1. The van der Waals surface area contributed by atoms with Crippen LogP contribution in [0.3, 0.4) is 0 Å². The molecule has 2 aromatic heterocycles. The van der Waals surface area contributed by atoms with Gasteiger partial charge in [-0.1, -0.05) is 23.5 Å². The fraction of sp³-hybridized carbons (Fsp3) is 0.450. The van der Waals surface area contributed by atoms with Crippen molar-refractivity contribution in [3.8, 4) is 10.6 Å². The fourth-order valence-corrected chi connectivity index (χ4v) is 4.28. The minimum Gasteiger partial charge on any atom is -0.301 e. The summed E-state index contributed by atoms with van der Waals surface area (Å²) in [4.78, 5) is 23.7. The number of ketones is 1. The largest absolute Gasteiger partial charge is 0.301 e. The maximum atomic E-state index is 12.7. The number of hydrogen-bond acceptors (Lipinski definition) is 7. The second-order valence-electron chi connectivity index (χ2n) is 7.13. The average Bonchev–Trinajstić information content (AvgIpc) is 3.14. The molecule has 0 atom stereocenters. The standard InChI is InChI=1S/C20H22FN5OS/c1-13-24-25-20(28-13)15-2-3-16-12-22-19(23-17(16)10-15)11-18(27)14-4-7-26(8-5-14)9-6-21/h2-3,10,12,14H,4-9,11H2,1H3. The van der Waals surface area contributed by atoms with Gasteiger partial charge in [-0.15, -0.1) is 10.2 Å². The van der Waals surface area contributed by atoms with Gasteiger partial charge in [-0.2, -0.15) is 0 Å². The van der Waals surface area contributed by atoms with E-state index in [-0.39, 0.29) is 24.8 Å². The van der Waals surface area contributed by atoms with Gasteiger partial charge in [0.05, 0.1) is 11.9 Å². The van der Waals surface area contributed by atoms with Crippen molar-refractivity contribution in [3.63, 3.8) is 0 Å². The molecule has 0 saturated carbocycles. The molecule has 1 aliphatic rings. The molecule has 0 amide bonds. The van der Waals surface area contributed by atoms with Crippen LogP contribution in [-0.4, -0.2) is 57.2 Å². The third-order valence-corrected chi connectivity index (χ3v) is 6.07. The zero-order valence-electron chi connectivity index (χ0n) is 15.8. The van der Waals surface area contributed by atoms with E-state index in [1.807, 2.05) is 25.1 Å². The van der Waals surface area contributed by atoms with Crippen molar-refractivity contribution in [2.24, 2.45) is 5.92 Å². The van der Waals surface area contributed by atoms with E-state index in [2.05, 4.69) is 25.1 Å². The zero-order chi connectivity index (χ0) is 19.5. The Morgan fingerprint density at radius 3 is 2.82 bits per heavy atom. The van der Waals surface area contributed by atoms with Crippen LogP contribution in [0, 0.1) is 12.8 Å². The summed E-state index contributed by atoms with van der Waals surface area (Å²) in [5.41, 5.74) is 1.77. The molecule has 0 radical (unpaired) electrons. The average molecular weight is 399 g/mol. The second-order valence-corrected chi connectivity index (χ2v) is 8.32. The number of halogens is 1. The van der Waals surface area contributed by atoms with Gasteiger partial charge >= 0.3 is 0 Å². The predicted octanol–water partition coefficient (Wildman–Crippen LogP) is 3.25. The van der Waals surface area contributed by atoms with Gasteiger partial charge in [0.25, 0.3) is 0 Å².